The van der Waals surface area contributed by atoms with Crippen molar-refractivity contribution in [2.24, 2.45) is 0 Å². The Hall–Kier alpha value is -2.36. The number of aliphatic hydroxyl groups is 2. The zero-order chi connectivity index (χ0) is 18.6. The molecular formula is C16H21NO8. The first-order chi connectivity index (χ1) is 11.8. The summed E-state index contributed by atoms with van der Waals surface area (Å²) in [5.74, 6) is -1.09. The largest absolute Gasteiger partial charge is 0.490 e. The lowest BCUT2D eigenvalue weighted by Gasteiger charge is -2.35. The van der Waals surface area contributed by atoms with Crippen LogP contribution >= 0.6 is 0 Å². The van der Waals surface area contributed by atoms with Gasteiger partial charge in [0.25, 0.3) is 0 Å². The highest BCUT2D eigenvalue weighted by atomic mass is 16.7. The van der Waals surface area contributed by atoms with Gasteiger partial charge in [-0.1, -0.05) is 0 Å². The molecule has 0 aromatic heterocycles. The smallest absolute Gasteiger partial charge is 0.335 e. The van der Waals surface area contributed by atoms with Gasteiger partial charge in [0.2, 0.25) is 12.2 Å². The van der Waals surface area contributed by atoms with Gasteiger partial charge in [-0.05, 0) is 19.1 Å². The molecular weight excluding hydrogens is 334 g/mol. The molecule has 1 heterocycles. The average molecular weight is 355 g/mol. The fourth-order valence-corrected chi connectivity index (χ4v) is 2.42. The molecule has 4 atom stereocenters. The van der Waals surface area contributed by atoms with Gasteiger partial charge in [-0.25, -0.2) is 4.79 Å². The molecule has 4 N–H and O–H groups in total. The first kappa shape index (κ1) is 19.0. The number of carboxylic acids is 1. The molecule has 25 heavy (non-hydrogen) atoms. The summed E-state index contributed by atoms with van der Waals surface area (Å²) in [5.41, 5.74) is 0.493. The lowest BCUT2D eigenvalue weighted by atomic mass is 10.0. The van der Waals surface area contributed by atoms with Crippen LogP contribution in [0.25, 0.3) is 0 Å². The molecule has 0 unspecified atom stereocenters. The number of carboxylic acid groups (broad SMARTS) is 1. The second-order valence-electron chi connectivity index (χ2n) is 5.53. The van der Waals surface area contributed by atoms with Crippen molar-refractivity contribution in [2.45, 2.75) is 44.9 Å². The molecule has 1 aliphatic rings. The van der Waals surface area contributed by atoms with Crippen molar-refractivity contribution in [3.8, 4) is 11.5 Å². The maximum absolute atomic E-state index is 11.1. The predicted octanol–water partition coefficient (Wildman–Crippen LogP) is 0.344. The molecule has 0 radical (unpaired) electrons. The van der Waals surface area contributed by atoms with E-state index in [1.54, 1.807) is 19.1 Å². The zero-order valence-corrected chi connectivity index (χ0v) is 13.8. The van der Waals surface area contributed by atoms with E-state index in [2.05, 4.69) is 5.32 Å². The van der Waals surface area contributed by atoms with Gasteiger partial charge >= 0.3 is 5.97 Å². The summed E-state index contributed by atoms with van der Waals surface area (Å²) >= 11 is 0. The van der Waals surface area contributed by atoms with E-state index >= 15 is 0 Å². The average Bonchev–Trinajstić information content (AvgIpc) is 2.51. The summed E-state index contributed by atoms with van der Waals surface area (Å²) in [6.45, 7) is 3.45. The van der Waals surface area contributed by atoms with Gasteiger partial charge in [-0.3, -0.25) is 4.79 Å². The fourth-order valence-electron chi connectivity index (χ4n) is 2.42. The predicted molar refractivity (Wildman–Crippen MR) is 85.5 cm³/mol. The van der Waals surface area contributed by atoms with Gasteiger partial charge in [0, 0.05) is 25.1 Å². The second-order valence-corrected chi connectivity index (χ2v) is 5.53. The second kappa shape index (κ2) is 8.15. The molecule has 2 rings (SSSR count). The van der Waals surface area contributed by atoms with E-state index in [0.717, 1.165) is 0 Å². The Kier molecular flexibility index (Phi) is 6.18. The molecule has 0 aliphatic carbocycles. The van der Waals surface area contributed by atoms with Crippen molar-refractivity contribution in [1.82, 2.24) is 0 Å². The van der Waals surface area contributed by atoms with Crippen LogP contribution in [0.1, 0.15) is 20.3 Å². The lowest BCUT2D eigenvalue weighted by Crippen LogP contribution is -2.52. The Morgan fingerprint density at radius 1 is 1.28 bits per heavy atom. The molecule has 1 aromatic carbocycles. The number of carbonyl (C=O) groups is 2. The number of ether oxygens (including phenoxy) is 3. The molecule has 9 heteroatoms. The topological polar surface area (TPSA) is 135 Å². The Balaban J connectivity index is 2.19. The molecule has 1 aromatic rings. The number of anilines is 1. The number of hydrogen-bond donors (Lipinski definition) is 4. The summed E-state index contributed by atoms with van der Waals surface area (Å²) in [6, 6.07) is 4.62. The first-order valence-electron chi connectivity index (χ1n) is 7.77. The van der Waals surface area contributed by atoms with Gasteiger partial charge in [-0.15, -0.1) is 0 Å². The summed E-state index contributed by atoms with van der Waals surface area (Å²) in [7, 11) is 0. The Bertz CT molecular complexity index is 635. The van der Waals surface area contributed by atoms with E-state index in [1.165, 1.54) is 13.0 Å². The van der Waals surface area contributed by atoms with E-state index in [4.69, 9.17) is 19.3 Å². The third-order valence-corrected chi connectivity index (χ3v) is 3.48. The highest BCUT2D eigenvalue weighted by Gasteiger charge is 2.41. The minimum Gasteiger partial charge on any atom is -0.490 e. The standard InChI is InChI=1S/C16H21NO8/c1-3-23-13-6-9(17-8(2)18)4-5-12(13)24-16-11(20)7-10(19)14(25-16)15(21)22/h4-6,10-11,14,16,19-20H,3,7H2,1-2H3,(H,17,18)(H,21,22)/t10-,11+,14-,16+/m0/s1. The molecule has 0 saturated carbocycles. The van der Waals surface area contributed by atoms with Crippen LogP contribution in [-0.4, -0.2) is 58.4 Å². The number of carbonyl (C=O) groups excluding carboxylic acids is 1. The van der Waals surface area contributed by atoms with Crippen molar-refractivity contribution < 1.29 is 39.1 Å². The highest BCUT2D eigenvalue weighted by molar-refractivity contribution is 5.89. The van der Waals surface area contributed by atoms with E-state index in [0.29, 0.717) is 18.0 Å². The van der Waals surface area contributed by atoms with Crippen LogP contribution in [0, 0.1) is 0 Å². The minimum absolute atomic E-state index is 0.199. The van der Waals surface area contributed by atoms with Crippen LogP contribution in [0.3, 0.4) is 0 Å². The maximum Gasteiger partial charge on any atom is 0.335 e. The zero-order valence-electron chi connectivity index (χ0n) is 13.8. The number of rotatable bonds is 6. The fraction of sp³-hybridized carbons (Fsp3) is 0.500. The van der Waals surface area contributed by atoms with E-state index in [9.17, 15) is 19.8 Å². The van der Waals surface area contributed by atoms with Crippen LogP contribution in [0.5, 0.6) is 11.5 Å². The van der Waals surface area contributed by atoms with Crippen molar-refractivity contribution >= 4 is 17.6 Å². The Labute approximate surface area is 144 Å². The van der Waals surface area contributed by atoms with Crippen molar-refractivity contribution in [1.29, 1.82) is 0 Å². The number of hydrogen-bond acceptors (Lipinski definition) is 7. The van der Waals surface area contributed by atoms with Gasteiger partial charge in [-0.2, -0.15) is 0 Å². The Morgan fingerprint density at radius 2 is 2.00 bits per heavy atom. The van der Waals surface area contributed by atoms with Crippen molar-refractivity contribution in [3.63, 3.8) is 0 Å². The van der Waals surface area contributed by atoms with Crippen LogP contribution in [-0.2, 0) is 14.3 Å². The number of aliphatic carboxylic acids is 1. The summed E-state index contributed by atoms with van der Waals surface area (Å²) in [4.78, 5) is 22.2. The highest BCUT2D eigenvalue weighted by Crippen LogP contribution is 2.33. The molecule has 1 amide bonds. The summed E-state index contributed by atoms with van der Waals surface area (Å²) in [6.07, 6.45) is -5.52. The van der Waals surface area contributed by atoms with Crippen LogP contribution < -0.4 is 14.8 Å². The summed E-state index contributed by atoms with van der Waals surface area (Å²) in [5, 5.41) is 31.3. The molecule has 1 saturated heterocycles. The van der Waals surface area contributed by atoms with E-state index in [1.807, 2.05) is 0 Å². The number of aliphatic hydroxyl groups excluding tert-OH is 2. The third-order valence-electron chi connectivity index (χ3n) is 3.48. The van der Waals surface area contributed by atoms with Gasteiger partial charge in [0.15, 0.2) is 17.6 Å². The quantitative estimate of drug-likeness (QED) is 0.574. The first-order valence-corrected chi connectivity index (χ1v) is 7.77. The number of amides is 1. The van der Waals surface area contributed by atoms with Crippen LogP contribution in [0.2, 0.25) is 0 Å². The minimum atomic E-state index is -1.50. The lowest BCUT2D eigenvalue weighted by molar-refractivity contribution is -0.237. The molecule has 0 bridgehead atoms. The van der Waals surface area contributed by atoms with Crippen LogP contribution in [0.15, 0.2) is 18.2 Å². The molecule has 1 fully saturated rings. The van der Waals surface area contributed by atoms with Crippen molar-refractivity contribution in [2.75, 3.05) is 11.9 Å². The number of benzene rings is 1. The van der Waals surface area contributed by atoms with Gasteiger partial charge in [0.1, 0.15) is 6.10 Å². The van der Waals surface area contributed by atoms with Crippen molar-refractivity contribution in [3.05, 3.63) is 18.2 Å². The molecule has 9 nitrogen and oxygen atoms in total. The summed E-state index contributed by atoms with van der Waals surface area (Å²) < 4.78 is 16.2. The monoisotopic (exact) mass is 355 g/mol. The Morgan fingerprint density at radius 3 is 2.60 bits per heavy atom. The molecule has 0 spiro atoms. The molecule has 1 aliphatic heterocycles. The normalized spacial score (nSPS) is 25.9. The van der Waals surface area contributed by atoms with E-state index < -0.39 is 30.6 Å². The van der Waals surface area contributed by atoms with Gasteiger partial charge in [0.05, 0.1) is 12.7 Å². The maximum atomic E-state index is 11.1. The van der Waals surface area contributed by atoms with Crippen LogP contribution in [0.4, 0.5) is 5.69 Å². The van der Waals surface area contributed by atoms with E-state index in [-0.39, 0.29) is 18.1 Å². The number of nitrogens with one attached hydrogen (secondary N) is 1. The van der Waals surface area contributed by atoms with Gasteiger partial charge < -0.3 is 34.8 Å². The SMILES string of the molecule is CCOc1cc(NC(C)=O)ccc1O[C@@H]1O[C@H](C(=O)O)[C@@H](O)C[C@H]1O. The molecule has 138 valence electrons. The third kappa shape index (κ3) is 4.81.